The quantitative estimate of drug-likeness (QED) is 0.726. The van der Waals surface area contributed by atoms with Crippen molar-refractivity contribution in [3.8, 4) is 0 Å². The molecule has 1 saturated heterocycles. The van der Waals surface area contributed by atoms with Crippen molar-refractivity contribution >= 4 is 43.1 Å². The smallest absolute Gasteiger partial charge is 0.349 e. The Morgan fingerprint density at radius 1 is 1.31 bits per heavy atom. The number of benzene rings is 1. The van der Waals surface area contributed by atoms with E-state index in [4.69, 9.17) is 4.74 Å². The molecule has 1 aromatic heterocycles. The lowest BCUT2D eigenvalue weighted by Crippen LogP contribution is -2.43. The number of amides is 1. The van der Waals surface area contributed by atoms with Crippen molar-refractivity contribution in [1.29, 1.82) is 0 Å². The predicted molar refractivity (Wildman–Crippen MR) is 101 cm³/mol. The molecule has 2 heterocycles. The molecule has 1 aliphatic rings. The van der Waals surface area contributed by atoms with Gasteiger partial charge in [-0.05, 0) is 37.3 Å². The summed E-state index contributed by atoms with van der Waals surface area (Å²) in [4.78, 5) is 26.8. The van der Waals surface area contributed by atoms with Gasteiger partial charge in [0.15, 0.2) is 16.4 Å². The van der Waals surface area contributed by atoms with Crippen molar-refractivity contribution in [2.75, 3.05) is 24.7 Å². The molecule has 1 aromatic carbocycles. The molecule has 26 heavy (non-hydrogen) atoms. The van der Waals surface area contributed by atoms with Gasteiger partial charge in [0, 0.05) is 17.3 Å². The van der Waals surface area contributed by atoms with Crippen LogP contribution in [-0.4, -0.2) is 55.9 Å². The van der Waals surface area contributed by atoms with Gasteiger partial charge in [-0.1, -0.05) is 18.2 Å². The van der Waals surface area contributed by atoms with E-state index >= 15 is 0 Å². The van der Waals surface area contributed by atoms with Gasteiger partial charge in [0.1, 0.15) is 4.88 Å². The zero-order valence-electron chi connectivity index (χ0n) is 14.7. The number of nitrogens with zero attached hydrogens (tertiary/aromatic N) is 1. The molecule has 6 nitrogen and oxygen atoms in total. The molecule has 8 heteroatoms. The lowest BCUT2D eigenvalue weighted by Gasteiger charge is -2.26. The summed E-state index contributed by atoms with van der Waals surface area (Å²) in [5, 5.41) is 1.00. The number of aryl methyl sites for hydroxylation is 1. The molecule has 140 valence electrons. The van der Waals surface area contributed by atoms with E-state index < -0.39 is 15.8 Å². The third-order valence-electron chi connectivity index (χ3n) is 4.67. The molecule has 0 radical (unpaired) electrons. The van der Waals surface area contributed by atoms with Crippen LogP contribution in [0.15, 0.2) is 24.3 Å². The van der Waals surface area contributed by atoms with Crippen molar-refractivity contribution in [3.05, 3.63) is 34.7 Å². The molecular weight excluding hydrogens is 374 g/mol. The maximum atomic E-state index is 12.4. The standard InChI is InChI=1S/C18H21NO5S2/c1-3-19(13-8-9-26(22,23)11-13)16(20)10-24-18(21)17-12(2)14-6-4-5-7-15(14)25-17/h4-7,13H,3,8-11H2,1-2H3/t13-/m1/s1. The highest BCUT2D eigenvalue weighted by Crippen LogP contribution is 2.31. The summed E-state index contributed by atoms with van der Waals surface area (Å²) in [6.45, 7) is 3.66. The number of sulfone groups is 1. The van der Waals surface area contributed by atoms with Gasteiger partial charge in [0.05, 0.1) is 11.5 Å². The molecule has 2 aromatic rings. The molecule has 0 spiro atoms. The summed E-state index contributed by atoms with van der Waals surface area (Å²) in [6.07, 6.45) is 0.436. The van der Waals surface area contributed by atoms with E-state index in [0.29, 0.717) is 17.8 Å². The molecule has 0 saturated carbocycles. The van der Waals surface area contributed by atoms with Crippen molar-refractivity contribution < 1.29 is 22.7 Å². The number of ether oxygens (including phenoxy) is 1. The van der Waals surface area contributed by atoms with Crippen molar-refractivity contribution in [2.45, 2.75) is 26.3 Å². The second-order valence-corrected chi connectivity index (χ2v) is 9.65. The fourth-order valence-corrected chi connectivity index (χ4v) is 6.14. The van der Waals surface area contributed by atoms with Crippen LogP contribution in [0.4, 0.5) is 0 Å². The minimum atomic E-state index is -3.08. The molecular formula is C18H21NO5S2. The van der Waals surface area contributed by atoms with E-state index in [9.17, 15) is 18.0 Å². The van der Waals surface area contributed by atoms with Crippen molar-refractivity contribution in [1.82, 2.24) is 4.90 Å². The van der Waals surface area contributed by atoms with Crippen LogP contribution < -0.4 is 0 Å². The second-order valence-electron chi connectivity index (χ2n) is 6.37. The Bertz CT molecular complexity index is 948. The Hall–Kier alpha value is -1.93. The Kier molecular flexibility index (Phi) is 5.34. The summed E-state index contributed by atoms with van der Waals surface area (Å²) in [7, 11) is -3.08. The lowest BCUT2D eigenvalue weighted by atomic mass is 10.1. The summed E-state index contributed by atoms with van der Waals surface area (Å²) in [5.74, 6) is -0.799. The highest BCUT2D eigenvalue weighted by Gasteiger charge is 2.34. The minimum absolute atomic E-state index is 0.0179. The first-order valence-corrected chi connectivity index (χ1v) is 11.1. The number of esters is 1. The number of rotatable bonds is 5. The third kappa shape index (κ3) is 3.76. The highest BCUT2D eigenvalue weighted by molar-refractivity contribution is 7.91. The highest BCUT2D eigenvalue weighted by atomic mass is 32.2. The number of carbonyl (C=O) groups is 2. The van der Waals surface area contributed by atoms with E-state index in [1.807, 2.05) is 31.2 Å². The van der Waals surface area contributed by atoms with Crippen LogP contribution in [-0.2, 0) is 19.4 Å². The second kappa shape index (κ2) is 7.36. The van der Waals surface area contributed by atoms with Crippen molar-refractivity contribution in [2.24, 2.45) is 0 Å². The Morgan fingerprint density at radius 3 is 2.65 bits per heavy atom. The lowest BCUT2D eigenvalue weighted by molar-refractivity contribution is -0.136. The summed E-state index contributed by atoms with van der Waals surface area (Å²) in [6, 6.07) is 7.38. The first-order chi connectivity index (χ1) is 12.3. The van der Waals surface area contributed by atoms with Gasteiger partial charge in [-0.15, -0.1) is 11.3 Å². The maximum absolute atomic E-state index is 12.4. The van der Waals surface area contributed by atoms with Gasteiger partial charge in [-0.2, -0.15) is 0 Å². The molecule has 0 unspecified atom stereocenters. The molecule has 0 bridgehead atoms. The van der Waals surface area contributed by atoms with Gasteiger partial charge < -0.3 is 9.64 Å². The van der Waals surface area contributed by atoms with Crippen LogP contribution in [0.1, 0.15) is 28.6 Å². The average Bonchev–Trinajstić information content (AvgIpc) is 3.13. The Morgan fingerprint density at radius 2 is 2.04 bits per heavy atom. The van der Waals surface area contributed by atoms with E-state index in [1.54, 1.807) is 6.92 Å². The van der Waals surface area contributed by atoms with E-state index in [2.05, 4.69) is 0 Å². The van der Waals surface area contributed by atoms with Gasteiger partial charge >= 0.3 is 5.97 Å². The number of thiophene rings is 1. The van der Waals surface area contributed by atoms with E-state index in [1.165, 1.54) is 16.2 Å². The number of hydrogen-bond acceptors (Lipinski definition) is 6. The topological polar surface area (TPSA) is 80.8 Å². The molecule has 1 atom stereocenters. The van der Waals surface area contributed by atoms with Crippen LogP contribution in [0.3, 0.4) is 0 Å². The zero-order valence-corrected chi connectivity index (χ0v) is 16.4. The average molecular weight is 396 g/mol. The minimum Gasteiger partial charge on any atom is -0.451 e. The van der Waals surface area contributed by atoms with Crippen molar-refractivity contribution in [3.63, 3.8) is 0 Å². The van der Waals surface area contributed by atoms with Gasteiger partial charge in [0.25, 0.3) is 5.91 Å². The van der Waals surface area contributed by atoms with Crippen LogP contribution in [0.5, 0.6) is 0 Å². The van der Waals surface area contributed by atoms with Crippen LogP contribution >= 0.6 is 11.3 Å². The fourth-order valence-electron chi connectivity index (χ4n) is 3.30. The first-order valence-electron chi connectivity index (χ1n) is 8.47. The molecule has 1 amide bonds. The largest absolute Gasteiger partial charge is 0.451 e. The third-order valence-corrected chi connectivity index (χ3v) is 7.67. The monoisotopic (exact) mass is 395 g/mol. The Labute approximate surface area is 156 Å². The van der Waals surface area contributed by atoms with Crippen LogP contribution in [0, 0.1) is 6.92 Å². The molecule has 1 aliphatic heterocycles. The number of likely N-dealkylation sites (N-methyl/N-ethyl adjacent to an activating group) is 1. The predicted octanol–water partition coefficient (Wildman–Crippen LogP) is 2.40. The van der Waals surface area contributed by atoms with E-state index in [-0.39, 0.29) is 30.1 Å². The van der Waals surface area contributed by atoms with Crippen LogP contribution in [0.2, 0.25) is 0 Å². The number of hydrogen-bond donors (Lipinski definition) is 0. The fraction of sp³-hybridized carbons (Fsp3) is 0.444. The molecule has 0 N–H and O–H groups in total. The first kappa shape index (κ1) is 18.8. The van der Waals surface area contributed by atoms with Gasteiger partial charge in [-0.25, -0.2) is 13.2 Å². The van der Waals surface area contributed by atoms with Crippen LogP contribution in [0.25, 0.3) is 10.1 Å². The SMILES string of the molecule is CCN(C(=O)COC(=O)c1sc2ccccc2c1C)[C@@H]1CCS(=O)(=O)C1. The van der Waals surface area contributed by atoms with Gasteiger partial charge in [-0.3, -0.25) is 4.79 Å². The molecule has 1 fully saturated rings. The summed E-state index contributed by atoms with van der Waals surface area (Å²) < 4.78 is 29.5. The van der Waals surface area contributed by atoms with Gasteiger partial charge in [0.2, 0.25) is 0 Å². The number of fused-ring (bicyclic) bond motifs is 1. The maximum Gasteiger partial charge on any atom is 0.349 e. The normalized spacial score (nSPS) is 18.8. The molecule has 0 aliphatic carbocycles. The zero-order chi connectivity index (χ0) is 18.9. The summed E-state index contributed by atoms with van der Waals surface area (Å²) in [5.41, 5.74) is 0.845. The number of carbonyl (C=O) groups excluding carboxylic acids is 2. The summed E-state index contributed by atoms with van der Waals surface area (Å²) >= 11 is 1.34. The molecule has 3 rings (SSSR count). The Balaban J connectivity index is 1.66. The van der Waals surface area contributed by atoms with E-state index in [0.717, 1.165) is 15.6 Å².